The predicted octanol–water partition coefficient (Wildman–Crippen LogP) is 3.26. The van der Waals surface area contributed by atoms with Gasteiger partial charge in [0.05, 0.1) is 18.1 Å². The highest BCUT2D eigenvalue weighted by Crippen LogP contribution is 2.21. The lowest BCUT2D eigenvalue weighted by molar-refractivity contribution is 0.0795. The summed E-state index contributed by atoms with van der Waals surface area (Å²) in [5.41, 5.74) is 0.599. The minimum atomic E-state index is -0.717. The van der Waals surface area contributed by atoms with Gasteiger partial charge in [-0.05, 0) is 12.1 Å². The minimum absolute atomic E-state index is 0.0623. The van der Waals surface area contributed by atoms with E-state index in [-0.39, 0.29) is 23.3 Å². The second-order valence-corrected chi connectivity index (χ2v) is 4.93. The minimum Gasteiger partial charge on any atom is -0.390 e. The molecule has 2 heterocycles. The molecule has 0 atom stereocenters. The molecule has 5 nitrogen and oxygen atoms in total. The molecule has 0 amide bonds. The van der Waals surface area contributed by atoms with Gasteiger partial charge in [0.1, 0.15) is 11.6 Å². The maximum absolute atomic E-state index is 13.8. The third-order valence-corrected chi connectivity index (χ3v) is 3.49. The molecule has 0 saturated carbocycles. The predicted molar refractivity (Wildman–Crippen MR) is 82.4 cm³/mol. The number of fused-ring (bicyclic) bond motifs is 1. The summed E-state index contributed by atoms with van der Waals surface area (Å²) in [4.78, 5) is 15.7. The molecule has 0 aliphatic rings. The number of hydrogen-bond acceptors (Lipinski definition) is 4. The van der Waals surface area contributed by atoms with Crippen LogP contribution in [0.1, 0.15) is 16.1 Å². The van der Waals surface area contributed by atoms with Crippen LogP contribution in [0.25, 0.3) is 11.0 Å². The Labute approximate surface area is 137 Å². The first-order valence-corrected chi connectivity index (χ1v) is 7.06. The van der Waals surface area contributed by atoms with Gasteiger partial charge in [0.15, 0.2) is 34.3 Å². The summed E-state index contributed by atoms with van der Waals surface area (Å²) in [5, 5.41) is 4.30. The molecular formula is C14H8F2IN3O2. The highest BCUT2D eigenvalue weighted by Gasteiger charge is 2.20. The summed E-state index contributed by atoms with van der Waals surface area (Å²) >= 11 is 1.42. The Morgan fingerprint density at radius 3 is 2.82 bits per heavy atom. The van der Waals surface area contributed by atoms with Crippen molar-refractivity contribution < 1.29 is 16.6 Å². The number of carbonyl (C=O) groups is 1. The molecule has 8 heteroatoms. The van der Waals surface area contributed by atoms with E-state index in [1.165, 1.54) is 33.8 Å². The van der Waals surface area contributed by atoms with Gasteiger partial charge >= 0.3 is 5.97 Å². The molecular weight excluding hydrogens is 407 g/mol. The Kier molecular flexibility index (Phi) is 4.01. The second kappa shape index (κ2) is 5.95. The smallest absolute Gasteiger partial charge is 0.368 e. The highest BCUT2D eigenvalue weighted by atomic mass is 127. The Hall–Kier alpha value is -2.10. The number of pyridine rings is 1. The van der Waals surface area contributed by atoms with Crippen LogP contribution in [0.5, 0.6) is 0 Å². The van der Waals surface area contributed by atoms with Gasteiger partial charge in [-0.1, -0.05) is 18.2 Å². The van der Waals surface area contributed by atoms with Gasteiger partial charge in [-0.15, -0.1) is 0 Å². The Morgan fingerprint density at radius 2 is 2.09 bits per heavy atom. The third-order valence-electron chi connectivity index (χ3n) is 3.09. The molecule has 3 rings (SSSR count). The number of nitrogens with zero attached hydrogens (tertiary/aromatic N) is 3. The van der Waals surface area contributed by atoms with Crippen molar-refractivity contribution in [2.75, 3.05) is 0 Å². The van der Waals surface area contributed by atoms with Crippen LogP contribution in [0.4, 0.5) is 8.78 Å². The lowest BCUT2D eigenvalue weighted by Crippen LogP contribution is -2.06. The molecule has 112 valence electrons. The maximum Gasteiger partial charge on any atom is 0.368 e. The van der Waals surface area contributed by atoms with Crippen molar-refractivity contribution in [2.45, 2.75) is 6.54 Å². The van der Waals surface area contributed by atoms with Crippen molar-refractivity contribution in [3.05, 3.63) is 59.4 Å². The van der Waals surface area contributed by atoms with Gasteiger partial charge in [0, 0.05) is 5.56 Å². The zero-order valence-electron chi connectivity index (χ0n) is 11.0. The van der Waals surface area contributed by atoms with Crippen molar-refractivity contribution in [3.8, 4) is 0 Å². The van der Waals surface area contributed by atoms with Crippen LogP contribution in [0.3, 0.4) is 0 Å². The highest BCUT2D eigenvalue weighted by molar-refractivity contribution is 14.1. The number of carbonyl (C=O) groups excluding carboxylic acids is 1. The quantitative estimate of drug-likeness (QED) is 0.617. The number of hydrogen-bond donors (Lipinski definition) is 0. The van der Waals surface area contributed by atoms with Gasteiger partial charge in [-0.2, -0.15) is 5.10 Å². The van der Waals surface area contributed by atoms with E-state index in [1.54, 1.807) is 18.2 Å². The topological polar surface area (TPSA) is 57.0 Å². The van der Waals surface area contributed by atoms with Crippen LogP contribution in [-0.4, -0.2) is 20.7 Å². The lowest BCUT2D eigenvalue weighted by atomic mass is 10.2. The molecule has 0 fully saturated rings. The van der Waals surface area contributed by atoms with Crippen LogP contribution >= 0.6 is 23.0 Å². The molecule has 3 aromatic rings. The maximum atomic E-state index is 13.8. The molecule has 1 aromatic carbocycles. The van der Waals surface area contributed by atoms with E-state index in [0.29, 0.717) is 5.56 Å². The largest absolute Gasteiger partial charge is 0.390 e. The van der Waals surface area contributed by atoms with Gasteiger partial charge in [-0.25, -0.2) is 23.2 Å². The van der Waals surface area contributed by atoms with E-state index in [4.69, 9.17) is 0 Å². The SMILES string of the molecule is O=C(OI)c1nn(Cc2ccccc2F)c2ncc(F)cc12. The molecule has 0 bridgehead atoms. The molecule has 0 aliphatic heterocycles. The molecule has 22 heavy (non-hydrogen) atoms. The number of benzene rings is 1. The van der Waals surface area contributed by atoms with Crippen LogP contribution in [0.2, 0.25) is 0 Å². The fourth-order valence-corrected chi connectivity index (χ4v) is 2.33. The van der Waals surface area contributed by atoms with Crippen LogP contribution in [-0.2, 0) is 9.61 Å². The summed E-state index contributed by atoms with van der Waals surface area (Å²) in [6, 6.07) is 7.34. The Bertz CT molecular complexity index is 866. The van der Waals surface area contributed by atoms with Crippen molar-refractivity contribution >= 4 is 40.0 Å². The monoisotopic (exact) mass is 415 g/mol. The molecule has 0 unspecified atom stereocenters. The lowest BCUT2D eigenvalue weighted by Gasteiger charge is -2.04. The van der Waals surface area contributed by atoms with Crippen LogP contribution < -0.4 is 0 Å². The van der Waals surface area contributed by atoms with Crippen molar-refractivity contribution in [1.82, 2.24) is 14.8 Å². The van der Waals surface area contributed by atoms with E-state index in [9.17, 15) is 13.6 Å². The van der Waals surface area contributed by atoms with Gasteiger partial charge < -0.3 is 3.07 Å². The van der Waals surface area contributed by atoms with E-state index < -0.39 is 17.6 Å². The van der Waals surface area contributed by atoms with Crippen molar-refractivity contribution in [3.63, 3.8) is 0 Å². The van der Waals surface area contributed by atoms with E-state index >= 15 is 0 Å². The molecule has 0 spiro atoms. The zero-order valence-corrected chi connectivity index (χ0v) is 13.1. The van der Waals surface area contributed by atoms with Crippen molar-refractivity contribution in [2.24, 2.45) is 0 Å². The Balaban J connectivity index is 2.14. The van der Waals surface area contributed by atoms with Gasteiger partial charge in [-0.3, -0.25) is 0 Å². The van der Waals surface area contributed by atoms with Crippen LogP contribution in [0.15, 0.2) is 36.5 Å². The molecule has 2 aromatic heterocycles. The van der Waals surface area contributed by atoms with Gasteiger partial charge in [0.2, 0.25) is 0 Å². The number of halogens is 3. The van der Waals surface area contributed by atoms with E-state index in [2.05, 4.69) is 13.1 Å². The Morgan fingerprint density at radius 1 is 1.32 bits per heavy atom. The first kappa shape index (κ1) is 14.8. The average molecular weight is 415 g/mol. The summed E-state index contributed by atoms with van der Waals surface area (Å²) in [7, 11) is 0. The summed E-state index contributed by atoms with van der Waals surface area (Å²) in [6.07, 6.45) is 1.01. The molecule has 0 aliphatic carbocycles. The molecule has 0 N–H and O–H groups in total. The standard InChI is InChI=1S/C14H8F2IN3O2/c15-9-5-10-12(14(21)22-17)19-20(13(10)18-6-9)7-8-3-1-2-4-11(8)16/h1-6H,7H2. The number of aromatic nitrogens is 3. The third kappa shape index (κ3) is 2.65. The fourth-order valence-electron chi connectivity index (χ4n) is 2.12. The first-order valence-electron chi connectivity index (χ1n) is 6.18. The average Bonchev–Trinajstić information content (AvgIpc) is 2.86. The second-order valence-electron chi connectivity index (χ2n) is 4.49. The normalized spacial score (nSPS) is 10.9. The molecule has 0 saturated heterocycles. The molecule has 0 radical (unpaired) electrons. The summed E-state index contributed by atoms with van der Waals surface area (Å²) < 4.78 is 33.1. The van der Waals surface area contributed by atoms with E-state index in [0.717, 1.165) is 12.3 Å². The summed E-state index contributed by atoms with van der Waals surface area (Å²) in [5.74, 6) is -1.71. The summed E-state index contributed by atoms with van der Waals surface area (Å²) in [6.45, 7) is 0.0658. The van der Waals surface area contributed by atoms with Crippen LogP contribution in [0, 0.1) is 11.6 Å². The van der Waals surface area contributed by atoms with Crippen molar-refractivity contribution in [1.29, 1.82) is 0 Å². The fraction of sp³-hybridized carbons (Fsp3) is 0.0714. The zero-order chi connectivity index (χ0) is 15.7. The first-order chi connectivity index (χ1) is 10.6. The van der Waals surface area contributed by atoms with Gasteiger partial charge in [0.25, 0.3) is 0 Å². The van der Waals surface area contributed by atoms with E-state index in [1.807, 2.05) is 0 Å². The number of rotatable bonds is 3.